The second-order valence-electron chi connectivity index (χ2n) is 4.98. The fraction of sp³-hybridized carbons (Fsp3) is 0.500. The van der Waals surface area contributed by atoms with Crippen LogP contribution in [-0.2, 0) is 6.54 Å². The quantitative estimate of drug-likeness (QED) is 0.649. The number of nitrogens with one attached hydrogen (secondary N) is 2. The van der Waals surface area contributed by atoms with Crippen molar-refractivity contribution in [1.29, 1.82) is 0 Å². The minimum atomic E-state index is -2.99. The minimum absolute atomic E-state index is 0.00943. The molecule has 1 saturated carbocycles. The molecule has 2 atom stereocenters. The summed E-state index contributed by atoms with van der Waals surface area (Å²) in [5.41, 5.74) is 0.0459. The normalized spacial score (nSPS) is 21.3. The number of halogens is 3. The third kappa shape index (κ3) is 4.27. The van der Waals surface area contributed by atoms with Gasteiger partial charge >= 0.3 is 6.61 Å². The Morgan fingerprint density at radius 3 is 2.76 bits per heavy atom. The van der Waals surface area contributed by atoms with Crippen molar-refractivity contribution in [2.75, 3.05) is 7.05 Å². The molecule has 1 aliphatic rings. The Kier molecular flexibility index (Phi) is 4.93. The molecule has 21 heavy (non-hydrogen) atoms. The number of aliphatic imine (C=N–C) groups is 1. The van der Waals surface area contributed by atoms with Gasteiger partial charge in [0.25, 0.3) is 0 Å². The van der Waals surface area contributed by atoms with Crippen molar-refractivity contribution >= 4 is 5.96 Å². The first kappa shape index (κ1) is 15.5. The van der Waals surface area contributed by atoms with Gasteiger partial charge in [-0.05, 0) is 24.5 Å². The van der Waals surface area contributed by atoms with Crippen LogP contribution < -0.4 is 15.4 Å². The highest BCUT2D eigenvalue weighted by atomic mass is 19.3. The van der Waals surface area contributed by atoms with Crippen molar-refractivity contribution in [1.82, 2.24) is 10.6 Å². The topological polar surface area (TPSA) is 45.7 Å². The van der Waals surface area contributed by atoms with E-state index >= 15 is 0 Å². The second kappa shape index (κ2) is 6.69. The molecular weight excluding hydrogens is 283 g/mol. The Balaban J connectivity index is 2.01. The first-order valence-electron chi connectivity index (χ1n) is 6.70. The highest BCUT2D eigenvalue weighted by Crippen LogP contribution is 2.29. The fourth-order valence-electron chi connectivity index (χ4n) is 1.98. The molecule has 116 valence electrons. The summed E-state index contributed by atoms with van der Waals surface area (Å²) in [6, 6.07) is 4.20. The molecule has 0 saturated heterocycles. The minimum Gasteiger partial charge on any atom is -0.434 e. The summed E-state index contributed by atoms with van der Waals surface area (Å²) < 4.78 is 42.7. The average Bonchev–Trinajstić information content (AvgIpc) is 3.11. The number of nitrogens with zero attached hydrogens (tertiary/aromatic N) is 1. The van der Waals surface area contributed by atoms with Crippen LogP contribution in [0, 0.1) is 11.7 Å². The van der Waals surface area contributed by atoms with Gasteiger partial charge in [-0.3, -0.25) is 4.99 Å². The lowest BCUT2D eigenvalue weighted by atomic mass is 10.2. The Hall–Kier alpha value is -1.92. The van der Waals surface area contributed by atoms with Crippen LogP contribution in [0.4, 0.5) is 13.2 Å². The van der Waals surface area contributed by atoms with E-state index in [1.807, 2.05) is 0 Å². The number of hydrogen-bond acceptors (Lipinski definition) is 2. The van der Waals surface area contributed by atoms with Gasteiger partial charge in [-0.15, -0.1) is 0 Å². The molecule has 1 aromatic rings. The zero-order chi connectivity index (χ0) is 15.4. The molecule has 0 spiro atoms. The highest BCUT2D eigenvalue weighted by molar-refractivity contribution is 5.80. The van der Waals surface area contributed by atoms with E-state index in [9.17, 15) is 13.2 Å². The van der Waals surface area contributed by atoms with Gasteiger partial charge in [0.05, 0.1) is 0 Å². The van der Waals surface area contributed by atoms with Gasteiger partial charge in [0.1, 0.15) is 11.6 Å². The molecule has 2 rings (SSSR count). The molecule has 0 aromatic heterocycles. The van der Waals surface area contributed by atoms with Crippen LogP contribution in [0.2, 0.25) is 0 Å². The van der Waals surface area contributed by atoms with E-state index in [0.717, 1.165) is 6.42 Å². The molecule has 0 heterocycles. The third-order valence-corrected chi connectivity index (χ3v) is 3.38. The molecule has 7 heteroatoms. The van der Waals surface area contributed by atoms with Gasteiger partial charge in [0.2, 0.25) is 0 Å². The summed E-state index contributed by atoms with van der Waals surface area (Å²) in [5.74, 6) is 0.314. The van der Waals surface area contributed by atoms with Gasteiger partial charge in [-0.25, -0.2) is 4.39 Å². The lowest BCUT2D eigenvalue weighted by molar-refractivity contribution is -0.0506. The summed E-state index contributed by atoms with van der Waals surface area (Å²) in [6.45, 7) is -0.874. The SMILES string of the molecule is CN=C(NCc1c(F)cccc1OC(F)F)NC1CC1C. The van der Waals surface area contributed by atoms with Gasteiger partial charge in [0.15, 0.2) is 5.96 Å². The van der Waals surface area contributed by atoms with E-state index in [0.29, 0.717) is 17.9 Å². The summed E-state index contributed by atoms with van der Waals surface area (Å²) in [4.78, 5) is 4.02. The van der Waals surface area contributed by atoms with Crippen molar-refractivity contribution < 1.29 is 17.9 Å². The van der Waals surface area contributed by atoms with E-state index in [1.54, 1.807) is 7.05 Å². The van der Waals surface area contributed by atoms with Crippen LogP contribution in [-0.4, -0.2) is 25.7 Å². The Morgan fingerprint density at radius 1 is 1.48 bits per heavy atom. The number of ether oxygens (including phenoxy) is 1. The number of guanidine groups is 1. The van der Waals surface area contributed by atoms with E-state index in [4.69, 9.17) is 0 Å². The summed E-state index contributed by atoms with van der Waals surface area (Å²) in [7, 11) is 1.60. The van der Waals surface area contributed by atoms with Crippen molar-refractivity contribution in [3.63, 3.8) is 0 Å². The van der Waals surface area contributed by atoms with Crippen molar-refractivity contribution in [2.24, 2.45) is 10.9 Å². The Labute approximate surface area is 121 Å². The number of benzene rings is 1. The van der Waals surface area contributed by atoms with Gasteiger partial charge in [-0.1, -0.05) is 13.0 Å². The molecule has 1 aromatic carbocycles. The first-order chi connectivity index (χ1) is 10.0. The zero-order valence-corrected chi connectivity index (χ0v) is 11.9. The lowest BCUT2D eigenvalue weighted by Crippen LogP contribution is -2.38. The number of rotatable bonds is 5. The highest BCUT2D eigenvalue weighted by Gasteiger charge is 2.33. The summed E-state index contributed by atoms with van der Waals surface area (Å²) >= 11 is 0. The largest absolute Gasteiger partial charge is 0.434 e. The van der Waals surface area contributed by atoms with Crippen LogP contribution >= 0.6 is 0 Å². The van der Waals surface area contributed by atoms with E-state index < -0.39 is 12.4 Å². The number of alkyl halides is 2. The number of hydrogen-bond donors (Lipinski definition) is 2. The summed E-state index contributed by atoms with van der Waals surface area (Å²) in [6.07, 6.45) is 1.06. The van der Waals surface area contributed by atoms with Crippen LogP contribution in [0.5, 0.6) is 5.75 Å². The van der Waals surface area contributed by atoms with E-state index in [2.05, 4.69) is 27.3 Å². The van der Waals surface area contributed by atoms with E-state index in [1.165, 1.54) is 18.2 Å². The predicted molar refractivity (Wildman–Crippen MR) is 73.9 cm³/mol. The van der Waals surface area contributed by atoms with E-state index in [-0.39, 0.29) is 17.9 Å². The van der Waals surface area contributed by atoms with Crippen molar-refractivity contribution in [3.8, 4) is 5.75 Å². The van der Waals surface area contributed by atoms with Crippen LogP contribution in [0.3, 0.4) is 0 Å². The smallest absolute Gasteiger partial charge is 0.387 e. The molecule has 0 aliphatic heterocycles. The maximum Gasteiger partial charge on any atom is 0.387 e. The molecule has 0 bridgehead atoms. The van der Waals surface area contributed by atoms with Gasteiger partial charge < -0.3 is 15.4 Å². The third-order valence-electron chi connectivity index (χ3n) is 3.38. The molecule has 0 radical (unpaired) electrons. The predicted octanol–water partition coefficient (Wildman–Crippen LogP) is 2.50. The monoisotopic (exact) mass is 301 g/mol. The fourth-order valence-corrected chi connectivity index (χ4v) is 1.98. The average molecular weight is 301 g/mol. The second-order valence-corrected chi connectivity index (χ2v) is 4.98. The molecular formula is C14H18F3N3O. The zero-order valence-electron chi connectivity index (χ0n) is 11.9. The molecule has 4 nitrogen and oxygen atoms in total. The first-order valence-corrected chi connectivity index (χ1v) is 6.70. The van der Waals surface area contributed by atoms with Crippen LogP contribution in [0.25, 0.3) is 0 Å². The standard InChI is InChI=1S/C14H18F3N3O/c1-8-6-11(8)20-14(18-2)19-7-9-10(15)4-3-5-12(9)21-13(16)17/h3-5,8,11,13H,6-7H2,1-2H3,(H2,18,19,20). The van der Waals surface area contributed by atoms with Gasteiger partial charge in [-0.2, -0.15) is 8.78 Å². The van der Waals surface area contributed by atoms with Crippen LogP contribution in [0.15, 0.2) is 23.2 Å². The molecule has 2 N–H and O–H groups in total. The molecule has 2 unspecified atom stereocenters. The van der Waals surface area contributed by atoms with Gasteiger partial charge in [0, 0.05) is 25.2 Å². The van der Waals surface area contributed by atoms with Crippen LogP contribution in [0.1, 0.15) is 18.9 Å². The Morgan fingerprint density at radius 2 is 2.19 bits per heavy atom. The summed E-state index contributed by atoms with van der Waals surface area (Å²) in [5, 5.41) is 6.07. The maximum atomic E-state index is 13.8. The maximum absolute atomic E-state index is 13.8. The molecule has 1 aliphatic carbocycles. The van der Waals surface area contributed by atoms with Crippen molar-refractivity contribution in [2.45, 2.75) is 32.5 Å². The van der Waals surface area contributed by atoms with Crippen molar-refractivity contribution in [3.05, 3.63) is 29.6 Å². The Bertz CT molecular complexity index is 522. The molecule has 1 fully saturated rings. The molecule has 0 amide bonds. The lowest BCUT2D eigenvalue weighted by Gasteiger charge is -2.15.